The Balaban J connectivity index is 1.11. The molecule has 0 saturated carbocycles. The first-order valence-corrected chi connectivity index (χ1v) is 19.8. The third-order valence-corrected chi connectivity index (χ3v) is 11.7. The highest BCUT2D eigenvalue weighted by molar-refractivity contribution is 7.26. The van der Waals surface area contributed by atoms with E-state index in [1.54, 1.807) is 0 Å². The molecule has 6 heteroatoms. The van der Waals surface area contributed by atoms with Crippen molar-refractivity contribution in [2.24, 2.45) is 0 Å². The Morgan fingerprint density at radius 2 is 1.02 bits per heavy atom. The summed E-state index contributed by atoms with van der Waals surface area (Å²) in [6, 6.07) is 67.3. The van der Waals surface area contributed by atoms with Gasteiger partial charge in [0, 0.05) is 60.4 Å². The first kappa shape index (κ1) is 33.0. The minimum Gasteiger partial charge on any atom is -0.456 e. The fraction of sp³-hybridized carbons (Fsp3) is 0. The van der Waals surface area contributed by atoms with Gasteiger partial charge in [-0.3, -0.25) is 0 Å². The number of anilines is 3. The normalized spacial score (nSPS) is 11.5. The number of fused-ring (bicyclic) bond motifs is 6. The molecular formula is C51H32N4OS. The summed E-state index contributed by atoms with van der Waals surface area (Å²) in [6.07, 6.45) is 0. The van der Waals surface area contributed by atoms with Crippen molar-refractivity contribution in [3.8, 4) is 45.3 Å². The van der Waals surface area contributed by atoms with Gasteiger partial charge in [0.05, 0.1) is 10.4 Å². The fourth-order valence-corrected chi connectivity index (χ4v) is 9.15. The van der Waals surface area contributed by atoms with Crippen molar-refractivity contribution in [3.63, 3.8) is 0 Å². The van der Waals surface area contributed by atoms with Crippen molar-refractivity contribution in [1.29, 1.82) is 0 Å². The predicted molar refractivity (Wildman–Crippen MR) is 236 cm³/mol. The predicted octanol–water partition coefficient (Wildman–Crippen LogP) is 14.3. The molecule has 3 heterocycles. The third kappa shape index (κ3) is 5.74. The molecule has 0 aliphatic carbocycles. The summed E-state index contributed by atoms with van der Waals surface area (Å²) < 4.78 is 9.21. The third-order valence-electron chi connectivity index (χ3n) is 10.5. The monoisotopic (exact) mass is 748 g/mol. The number of aromatic nitrogens is 3. The zero-order valence-electron chi connectivity index (χ0n) is 30.6. The maximum atomic E-state index is 6.72. The molecule has 8 aromatic carbocycles. The van der Waals surface area contributed by atoms with Crippen LogP contribution in [0.25, 0.3) is 87.4 Å². The molecule has 0 spiro atoms. The summed E-state index contributed by atoms with van der Waals surface area (Å²) >= 11 is 1.84. The van der Waals surface area contributed by atoms with Gasteiger partial charge in [-0.2, -0.15) is 0 Å². The van der Waals surface area contributed by atoms with Crippen LogP contribution in [0.4, 0.5) is 17.1 Å². The number of hydrogen-bond donors (Lipinski definition) is 0. The molecule has 0 aliphatic rings. The summed E-state index contributed by atoms with van der Waals surface area (Å²) in [6.45, 7) is 0. The van der Waals surface area contributed by atoms with Crippen LogP contribution in [0.5, 0.6) is 0 Å². The minimum absolute atomic E-state index is 0.594. The molecule has 57 heavy (non-hydrogen) atoms. The molecule has 3 aromatic heterocycles. The number of thiophene rings is 1. The number of hydrogen-bond acceptors (Lipinski definition) is 6. The standard InChI is InChI=1S/C51H32N4OS/c1-5-16-33(17-6-1)38-30-31-42(48-47(38)40-24-13-14-27-45(40)57-48)55(36-22-11-4-12-23-36)37-28-29-39-44(32-37)56-43-26-15-25-41(46(39)43)51-53-49(34-18-7-2-8-19-34)52-50(54-51)35-20-9-3-10-21-35/h1-32H. The molecule has 11 rings (SSSR count). The zero-order valence-corrected chi connectivity index (χ0v) is 31.4. The van der Waals surface area contributed by atoms with Gasteiger partial charge in [0.2, 0.25) is 0 Å². The molecule has 0 saturated heterocycles. The van der Waals surface area contributed by atoms with E-state index in [-0.39, 0.29) is 0 Å². The van der Waals surface area contributed by atoms with E-state index in [0.717, 1.165) is 55.7 Å². The van der Waals surface area contributed by atoms with E-state index in [2.05, 4.69) is 126 Å². The second kappa shape index (κ2) is 13.7. The Bertz CT molecular complexity index is 3180. The van der Waals surface area contributed by atoms with Crippen LogP contribution in [-0.4, -0.2) is 15.0 Å². The maximum Gasteiger partial charge on any atom is 0.164 e. The van der Waals surface area contributed by atoms with Crippen molar-refractivity contribution >= 4 is 70.5 Å². The average molecular weight is 749 g/mol. The van der Waals surface area contributed by atoms with Gasteiger partial charge in [-0.1, -0.05) is 146 Å². The van der Waals surface area contributed by atoms with Crippen LogP contribution in [0.3, 0.4) is 0 Å². The van der Waals surface area contributed by atoms with E-state index in [0.29, 0.717) is 17.5 Å². The molecular weight excluding hydrogens is 717 g/mol. The minimum atomic E-state index is 0.594. The molecule has 0 radical (unpaired) electrons. The Hall–Kier alpha value is -7.41. The van der Waals surface area contributed by atoms with Gasteiger partial charge in [-0.15, -0.1) is 11.3 Å². The lowest BCUT2D eigenvalue weighted by Crippen LogP contribution is -2.10. The topological polar surface area (TPSA) is 55.1 Å². The van der Waals surface area contributed by atoms with Gasteiger partial charge in [0.15, 0.2) is 17.5 Å². The van der Waals surface area contributed by atoms with Crippen LogP contribution in [-0.2, 0) is 0 Å². The molecule has 0 bridgehead atoms. The van der Waals surface area contributed by atoms with Gasteiger partial charge in [-0.05, 0) is 53.6 Å². The van der Waals surface area contributed by atoms with Crippen LogP contribution in [0.1, 0.15) is 0 Å². The largest absolute Gasteiger partial charge is 0.456 e. The molecule has 0 atom stereocenters. The summed E-state index contributed by atoms with van der Waals surface area (Å²) in [5, 5.41) is 4.48. The molecule has 268 valence electrons. The van der Waals surface area contributed by atoms with E-state index >= 15 is 0 Å². The molecule has 0 unspecified atom stereocenters. The second-order valence-corrected chi connectivity index (χ2v) is 15.0. The Morgan fingerprint density at radius 3 is 1.72 bits per heavy atom. The Morgan fingerprint density at radius 1 is 0.404 bits per heavy atom. The Kier molecular flexibility index (Phi) is 7.93. The van der Waals surface area contributed by atoms with Gasteiger partial charge < -0.3 is 9.32 Å². The van der Waals surface area contributed by atoms with Crippen molar-refractivity contribution in [2.75, 3.05) is 4.90 Å². The van der Waals surface area contributed by atoms with Crippen molar-refractivity contribution in [1.82, 2.24) is 15.0 Å². The molecule has 0 fully saturated rings. The molecule has 0 aliphatic heterocycles. The van der Waals surface area contributed by atoms with E-state index in [1.165, 1.54) is 31.3 Å². The highest BCUT2D eigenvalue weighted by Gasteiger charge is 2.23. The van der Waals surface area contributed by atoms with Crippen LogP contribution in [0.2, 0.25) is 0 Å². The summed E-state index contributed by atoms with van der Waals surface area (Å²) in [4.78, 5) is 17.4. The lowest BCUT2D eigenvalue weighted by Gasteiger charge is -2.26. The SMILES string of the molecule is c1ccc(-c2nc(-c3ccccc3)nc(-c3cccc4oc5cc(N(c6ccccc6)c6ccc(-c7ccccc7)c7c6sc6ccccc67)ccc5c34)n2)cc1. The fourth-order valence-electron chi connectivity index (χ4n) is 7.92. The first-order chi connectivity index (χ1) is 28.3. The molecule has 11 aromatic rings. The molecule has 5 nitrogen and oxygen atoms in total. The lowest BCUT2D eigenvalue weighted by atomic mass is 9.98. The van der Waals surface area contributed by atoms with Gasteiger partial charge in [-0.25, -0.2) is 15.0 Å². The van der Waals surface area contributed by atoms with Crippen LogP contribution in [0.15, 0.2) is 199 Å². The number of para-hydroxylation sites is 1. The zero-order chi connectivity index (χ0) is 37.7. The summed E-state index contributed by atoms with van der Waals surface area (Å²) in [5.41, 5.74) is 9.90. The van der Waals surface area contributed by atoms with Gasteiger partial charge in [0.1, 0.15) is 11.2 Å². The highest BCUT2D eigenvalue weighted by atomic mass is 32.1. The second-order valence-electron chi connectivity index (χ2n) is 14.0. The summed E-state index contributed by atoms with van der Waals surface area (Å²) in [5.74, 6) is 1.84. The molecule has 0 amide bonds. The van der Waals surface area contributed by atoms with Gasteiger partial charge in [0.25, 0.3) is 0 Å². The number of benzene rings is 8. The van der Waals surface area contributed by atoms with Crippen LogP contribution >= 0.6 is 11.3 Å². The smallest absolute Gasteiger partial charge is 0.164 e. The number of rotatable bonds is 7. The van der Waals surface area contributed by atoms with Crippen LogP contribution < -0.4 is 4.90 Å². The number of nitrogens with zero attached hydrogens (tertiary/aromatic N) is 4. The highest BCUT2D eigenvalue weighted by Crippen LogP contribution is 2.49. The van der Waals surface area contributed by atoms with Crippen molar-refractivity contribution in [2.45, 2.75) is 0 Å². The van der Waals surface area contributed by atoms with E-state index in [9.17, 15) is 0 Å². The molecule has 0 N–H and O–H groups in total. The van der Waals surface area contributed by atoms with Crippen molar-refractivity contribution < 1.29 is 4.42 Å². The number of furan rings is 1. The van der Waals surface area contributed by atoms with E-state index < -0.39 is 0 Å². The quantitative estimate of drug-likeness (QED) is 0.162. The van der Waals surface area contributed by atoms with Crippen molar-refractivity contribution in [3.05, 3.63) is 194 Å². The van der Waals surface area contributed by atoms with E-state index in [4.69, 9.17) is 19.4 Å². The Labute approximate surface area is 332 Å². The lowest BCUT2D eigenvalue weighted by molar-refractivity contribution is 0.669. The summed E-state index contributed by atoms with van der Waals surface area (Å²) in [7, 11) is 0. The van der Waals surface area contributed by atoms with Gasteiger partial charge >= 0.3 is 0 Å². The first-order valence-electron chi connectivity index (χ1n) is 18.9. The average Bonchev–Trinajstić information content (AvgIpc) is 3.87. The maximum absolute atomic E-state index is 6.72. The van der Waals surface area contributed by atoms with E-state index in [1.807, 2.05) is 84.1 Å². The van der Waals surface area contributed by atoms with Crippen LogP contribution in [0, 0.1) is 0 Å².